The summed E-state index contributed by atoms with van der Waals surface area (Å²) in [5, 5.41) is 9.90. The van der Waals surface area contributed by atoms with Gasteiger partial charge in [0, 0.05) is 11.4 Å². The summed E-state index contributed by atoms with van der Waals surface area (Å²) in [7, 11) is 0. The smallest absolute Gasteiger partial charge is 0.321 e. The standard InChI is InChI=1S/C17H20FN3O2S/c1-2-9-19-17(23)21-15(22)11-20-16(14-4-3-10-24-14)12-5-7-13(18)8-6-12/h3-8,10,16,20H,2,9,11H2,1H3,(H2,19,21,22,23)/t16-/m0/s1. The van der Waals surface area contributed by atoms with E-state index in [4.69, 9.17) is 0 Å². The van der Waals surface area contributed by atoms with Crippen LogP contribution in [-0.2, 0) is 4.79 Å². The molecule has 0 aliphatic heterocycles. The van der Waals surface area contributed by atoms with Crippen LogP contribution in [0.15, 0.2) is 41.8 Å². The van der Waals surface area contributed by atoms with Gasteiger partial charge in [-0.05, 0) is 35.6 Å². The predicted octanol–water partition coefficient (Wildman–Crippen LogP) is 2.80. The molecule has 5 nitrogen and oxygen atoms in total. The monoisotopic (exact) mass is 349 g/mol. The number of rotatable bonds is 7. The largest absolute Gasteiger partial charge is 0.338 e. The van der Waals surface area contributed by atoms with E-state index in [1.807, 2.05) is 24.4 Å². The van der Waals surface area contributed by atoms with Gasteiger partial charge in [-0.15, -0.1) is 11.3 Å². The summed E-state index contributed by atoms with van der Waals surface area (Å²) in [4.78, 5) is 24.4. The van der Waals surface area contributed by atoms with Gasteiger partial charge in [0.15, 0.2) is 0 Å². The molecule has 0 radical (unpaired) electrons. The van der Waals surface area contributed by atoms with Gasteiger partial charge >= 0.3 is 6.03 Å². The van der Waals surface area contributed by atoms with Crippen LogP contribution in [0.5, 0.6) is 0 Å². The molecule has 1 atom stereocenters. The van der Waals surface area contributed by atoms with Crippen LogP contribution in [0, 0.1) is 5.82 Å². The number of urea groups is 1. The van der Waals surface area contributed by atoms with Gasteiger partial charge in [0.05, 0.1) is 12.6 Å². The van der Waals surface area contributed by atoms with Crippen molar-refractivity contribution in [2.45, 2.75) is 19.4 Å². The molecule has 3 amide bonds. The summed E-state index contributed by atoms with van der Waals surface area (Å²) < 4.78 is 13.1. The van der Waals surface area contributed by atoms with Crippen molar-refractivity contribution in [1.29, 1.82) is 0 Å². The van der Waals surface area contributed by atoms with E-state index in [1.165, 1.54) is 23.5 Å². The third-order valence-electron chi connectivity index (χ3n) is 3.29. The Morgan fingerprint density at radius 2 is 1.96 bits per heavy atom. The zero-order valence-corrected chi connectivity index (χ0v) is 14.2. The summed E-state index contributed by atoms with van der Waals surface area (Å²) in [5.41, 5.74) is 0.849. The molecule has 1 aromatic carbocycles. The number of carbonyl (C=O) groups excluding carboxylic acids is 2. The molecule has 0 aliphatic carbocycles. The molecule has 24 heavy (non-hydrogen) atoms. The number of imide groups is 1. The van der Waals surface area contributed by atoms with Crippen molar-refractivity contribution in [3.05, 3.63) is 58.0 Å². The van der Waals surface area contributed by atoms with Crippen LogP contribution in [0.25, 0.3) is 0 Å². The summed E-state index contributed by atoms with van der Waals surface area (Å²) in [6.45, 7) is 2.41. The Bertz CT molecular complexity index is 659. The molecule has 2 rings (SSSR count). The first-order valence-corrected chi connectivity index (χ1v) is 8.58. The van der Waals surface area contributed by atoms with E-state index in [0.29, 0.717) is 6.54 Å². The highest BCUT2D eigenvalue weighted by Gasteiger charge is 2.17. The summed E-state index contributed by atoms with van der Waals surface area (Å²) in [5.74, 6) is -0.735. The van der Waals surface area contributed by atoms with Crippen molar-refractivity contribution in [2.24, 2.45) is 0 Å². The van der Waals surface area contributed by atoms with Gasteiger partial charge in [-0.1, -0.05) is 25.1 Å². The Kier molecular flexibility index (Phi) is 6.89. The lowest BCUT2D eigenvalue weighted by Crippen LogP contribution is -2.44. The van der Waals surface area contributed by atoms with Crippen LogP contribution >= 0.6 is 11.3 Å². The maximum Gasteiger partial charge on any atom is 0.321 e. The van der Waals surface area contributed by atoms with Gasteiger partial charge < -0.3 is 5.32 Å². The Morgan fingerprint density at radius 3 is 2.58 bits per heavy atom. The normalized spacial score (nSPS) is 11.8. The van der Waals surface area contributed by atoms with Gasteiger partial charge in [0.1, 0.15) is 5.82 Å². The third-order valence-corrected chi connectivity index (χ3v) is 4.22. The topological polar surface area (TPSA) is 70.2 Å². The van der Waals surface area contributed by atoms with Crippen LogP contribution in [-0.4, -0.2) is 25.0 Å². The maximum absolute atomic E-state index is 13.1. The predicted molar refractivity (Wildman–Crippen MR) is 92.4 cm³/mol. The molecule has 0 saturated heterocycles. The fourth-order valence-electron chi connectivity index (χ4n) is 2.14. The first-order valence-electron chi connectivity index (χ1n) is 7.70. The lowest BCUT2D eigenvalue weighted by Gasteiger charge is -2.18. The maximum atomic E-state index is 13.1. The molecular weight excluding hydrogens is 329 g/mol. The molecular formula is C17H20FN3O2S. The van der Waals surface area contributed by atoms with E-state index in [0.717, 1.165) is 16.9 Å². The fourth-order valence-corrected chi connectivity index (χ4v) is 2.97. The van der Waals surface area contributed by atoms with Gasteiger partial charge in [-0.3, -0.25) is 15.4 Å². The van der Waals surface area contributed by atoms with Crippen molar-refractivity contribution in [1.82, 2.24) is 16.0 Å². The average Bonchev–Trinajstić information content (AvgIpc) is 3.09. The third kappa shape index (κ3) is 5.43. The zero-order chi connectivity index (χ0) is 17.4. The van der Waals surface area contributed by atoms with Crippen molar-refractivity contribution in [3.63, 3.8) is 0 Å². The van der Waals surface area contributed by atoms with Gasteiger partial charge in [-0.25, -0.2) is 9.18 Å². The molecule has 0 spiro atoms. The highest BCUT2D eigenvalue weighted by molar-refractivity contribution is 7.10. The molecule has 1 aromatic heterocycles. The summed E-state index contributed by atoms with van der Waals surface area (Å²) in [6.07, 6.45) is 0.797. The lowest BCUT2D eigenvalue weighted by atomic mass is 10.1. The molecule has 0 aliphatic rings. The highest BCUT2D eigenvalue weighted by atomic mass is 32.1. The molecule has 128 valence electrons. The minimum absolute atomic E-state index is 0.0283. The van der Waals surface area contributed by atoms with E-state index in [9.17, 15) is 14.0 Å². The van der Waals surface area contributed by atoms with Crippen LogP contribution in [0.2, 0.25) is 0 Å². The van der Waals surface area contributed by atoms with Crippen molar-refractivity contribution >= 4 is 23.3 Å². The van der Waals surface area contributed by atoms with E-state index < -0.39 is 11.9 Å². The van der Waals surface area contributed by atoms with E-state index in [1.54, 1.807) is 12.1 Å². The van der Waals surface area contributed by atoms with Crippen molar-refractivity contribution < 1.29 is 14.0 Å². The Balaban J connectivity index is 1.98. The Hall–Kier alpha value is -2.25. The summed E-state index contributed by atoms with van der Waals surface area (Å²) >= 11 is 1.54. The molecule has 7 heteroatoms. The number of amides is 3. The van der Waals surface area contributed by atoms with Crippen molar-refractivity contribution in [2.75, 3.05) is 13.1 Å². The van der Waals surface area contributed by atoms with Gasteiger partial charge in [-0.2, -0.15) is 0 Å². The summed E-state index contributed by atoms with van der Waals surface area (Å²) in [6, 6.07) is 9.24. The first-order chi connectivity index (χ1) is 11.6. The molecule has 2 aromatic rings. The molecule has 0 unspecified atom stereocenters. The van der Waals surface area contributed by atoms with Crippen LogP contribution < -0.4 is 16.0 Å². The number of benzene rings is 1. The van der Waals surface area contributed by atoms with Crippen LogP contribution in [0.4, 0.5) is 9.18 Å². The molecule has 0 saturated carbocycles. The second kappa shape index (κ2) is 9.14. The number of carbonyl (C=O) groups is 2. The highest BCUT2D eigenvalue weighted by Crippen LogP contribution is 2.25. The number of thiophene rings is 1. The molecule has 0 fully saturated rings. The van der Waals surface area contributed by atoms with Crippen LogP contribution in [0.1, 0.15) is 29.8 Å². The zero-order valence-electron chi connectivity index (χ0n) is 13.3. The van der Waals surface area contributed by atoms with Crippen LogP contribution in [0.3, 0.4) is 0 Å². The number of halogens is 1. The number of nitrogens with one attached hydrogen (secondary N) is 3. The molecule has 3 N–H and O–H groups in total. The second-order valence-corrected chi connectivity index (χ2v) is 6.16. The Labute approximate surface area is 144 Å². The van der Waals surface area contributed by atoms with Gasteiger partial charge in [0.25, 0.3) is 0 Å². The van der Waals surface area contributed by atoms with E-state index in [-0.39, 0.29) is 18.4 Å². The number of hydrogen-bond donors (Lipinski definition) is 3. The second-order valence-electron chi connectivity index (χ2n) is 5.18. The molecule has 1 heterocycles. The van der Waals surface area contributed by atoms with Crippen molar-refractivity contribution in [3.8, 4) is 0 Å². The average molecular weight is 349 g/mol. The Morgan fingerprint density at radius 1 is 1.21 bits per heavy atom. The minimum Gasteiger partial charge on any atom is -0.338 e. The minimum atomic E-state index is -0.502. The number of hydrogen-bond acceptors (Lipinski definition) is 4. The molecule has 0 bridgehead atoms. The SMILES string of the molecule is CCCNC(=O)NC(=O)CN[C@@H](c1ccc(F)cc1)c1cccs1. The quantitative estimate of drug-likeness (QED) is 0.720. The first kappa shape index (κ1) is 18.1. The lowest BCUT2D eigenvalue weighted by molar-refractivity contribution is -0.119. The van der Waals surface area contributed by atoms with Gasteiger partial charge in [0.2, 0.25) is 5.91 Å². The fraction of sp³-hybridized carbons (Fsp3) is 0.294. The van der Waals surface area contributed by atoms with E-state index in [2.05, 4.69) is 16.0 Å². The van der Waals surface area contributed by atoms with E-state index >= 15 is 0 Å².